The number of aliphatic hydroxyl groups is 1. The van der Waals surface area contributed by atoms with Crippen molar-refractivity contribution in [3.05, 3.63) is 0 Å². The minimum atomic E-state index is -0.822. The quantitative estimate of drug-likeness (QED) is 0.752. The number of hydrogen-bond donors (Lipinski definition) is 2. The van der Waals surface area contributed by atoms with E-state index in [1.807, 2.05) is 0 Å². The van der Waals surface area contributed by atoms with E-state index in [0.717, 1.165) is 19.3 Å². The molecule has 2 N–H and O–H groups in total. The molecule has 19 heavy (non-hydrogen) atoms. The number of nitrogens with zero attached hydrogens (tertiary/aromatic N) is 1. The Morgan fingerprint density at radius 3 is 2.47 bits per heavy atom. The lowest BCUT2D eigenvalue weighted by molar-refractivity contribution is 0.0661. The summed E-state index contributed by atoms with van der Waals surface area (Å²) in [6, 6.07) is 0. The van der Waals surface area contributed by atoms with Crippen molar-refractivity contribution in [3.8, 4) is 12.3 Å². The average molecular weight is 267 g/mol. The van der Waals surface area contributed by atoms with E-state index in [0.29, 0.717) is 25.4 Å². The number of terminal acetylenes is 1. The van der Waals surface area contributed by atoms with Gasteiger partial charge in [0.05, 0.1) is 0 Å². The smallest absolute Gasteiger partial charge is 0.407 e. The van der Waals surface area contributed by atoms with Crippen LogP contribution < -0.4 is 0 Å². The van der Waals surface area contributed by atoms with Gasteiger partial charge in [0.2, 0.25) is 0 Å². The summed E-state index contributed by atoms with van der Waals surface area (Å²) in [6.07, 6.45) is 7.79. The monoisotopic (exact) mass is 267 g/mol. The minimum absolute atomic E-state index is 0.0921. The lowest BCUT2D eigenvalue weighted by Gasteiger charge is -2.41. The van der Waals surface area contributed by atoms with Crippen LogP contribution in [-0.4, -0.2) is 40.9 Å². The van der Waals surface area contributed by atoms with Crippen molar-refractivity contribution in [2.45, 2.75) is 39.5 Å². The highest BCUT2D eigenvalue weighted by atomic mass is 16.4. The van der Waals surface area contributed by atoms with Crippen LogP contribution in [0.1, 0.15) is 39.5 Å². The normalized spacial score (nSPS) is 18.9. The van der Waals surface area contributed by atoms with E-state index >= 15 is 0 Å². The van der Waals surface area contributed by atoms with E-state index in [1.54, 1.807) is 0 Å². The maximum absolute atomic E-state index is 10.9. The number of piperidine rings is 1. The van der Waals surface area contributed by atoms with Gasteiger partial charge < -0.3 is 15.1 Å². The second-order valence-corrected chi connectivity index (χ2v) is 6.19. The van der Waals surface area contributed by atoms with Gasteiger partial charge in [-0.25, -0.2) is 4.79 Å². The SMILES string of the molecule is C#CCC(CO)CC(C)(C)C1CCN(C(=O)O)CC1. The van der Waals surface area contributed by atoms with Gasteiger partial charge in [0.15, 0.2) is 0 Å². The van der Waals surface area contributed by atoms with Crippen molar-refractivity contribution in [2.24, 2.45) is 17.3 Å². The first-order valence-electron chi connectivity index (χ1n) is 6.93. The van der Waals surface area contributed by atoms with E-state index < -0.39 is 6.09 Å². The largest absolute Gasteiger partial charge is 0.465 e. The molecule has 0 spiro atoms. The fourth-order valence-corrected chi connectivity index (χ4v) is 3.13. The van der Waals surface area contributed by atoms with Crippen molar-refractivity contribution in [1.29, 1.82) is 0 Å². The lowest BCUT2D eigenvalue weighted by atomic mass is 9.69. The molecule has 1 fully saturated rings. The molecule has 0 aromatic heterocycles. The van der Waals surface area contributed by atoms with Crippen molar-refractivity contribution in [2.75, 3.05) is 19.7 Å². The van der Waals surface area contributed by atoms with E-state index in [1.165, 1.54) is 4.90 Å². The molecular formula is C15H25NO3. The second kappa shape index (κ2) is 6.81. The molecule has 1 heterocycles. The summed E-state index contributed by atoms with van der Waals surface area (Å²) in [5, 5.41) is 18.3. The van der Waals surface area contributed by atoms with Crippen molar-refractivity contribution in [3.63, 3.8) is 0 Å². The van der Waals surface area contributed by atoms with E-state index in [9.17, 15) is 9.90 Å². The van der Waals surface area contributed by atoms with Crippen LogP contribution in [-0.2, 0) is 0 Å². The molecule has 1 unspecified atom stereocenters. The van der Waals surface area contributed by atoms with Gasteiger partial charge in [-0.05, 0) is 36.5 Å². The third-order valence-electron chi connectivity index (χ3n) is 4.35. The number of amides is 1. The van der Waals surface area contributed by atoms with Crippen molar-refractivity contribution >= 4 is 6.09 Å². The van der Waals surface area contributed by atoms with Crippen LogP contribution in [0.2, 0.25) is 0 Å². The molecule has 1 aliphatic rings. The summed E-state index contributed by atoms with van der Waals surface area (Å²) in [4.78, 5) is 12.4. The fraction of sp³-hybridized carbons (Fsp3) is 0.800. The molecule has 1 rings (SSSR count). The Bertz CT molecular complexity index is 338. The third-order valence-corrected chi connectivity index (χ3v) is 4.35. The molecular weight excluding hydrogens is 242 g/mol. The maximum Gasteiger partial charge on any atom is 0.407 e. The molecule has 0 aromatic carbocycles. The lowest BCUT2D eigenvalue weighted by Crippen LogP contribution is -2.42. The molecule has 1 saturated heterocycles. The standard InChI is InChI=1S/C15H25NO3/c1-4-5-12(11-17)10-15(2,3)13-6-8-16(9-7-13)14(18)19/h1,12-13,17H,5-11H2,2-3H3,(H,18,19). The molecule has 0 bridgehead atoms. The zero-order valence-electron chi connectivity index (χ0n) is 11.9. The zero-order valence-corrected chi connectivity index (χ0v) is 11.9. The molecule has 0 aliphatic carbocycles. The van der Waals surface area contributed by atoms with Crippen LogP contribution in [0, 0.1) is 29.6 Å². The van der Waals surface area contributed by atoms with Gasteiger partial charge in [0, 0.05) is 26.1 Å². The molecule has 0 saturated carbocycles. The molecule has 108 valence electrons. The van der Waals surface area contributed by atoms with Gasteiger partial charge in [0.1, 0.15) is 0 Å². The van der Waals surface area contributed by atoms with Gasteiger partial charge in [-0.15, -0.1) is 12.3 Å². The topological polar surface area (TPSA) is 60.8 Å². The van der Waals surface area contributed by atoms with Crippen LogP contribution >= 0.6 is 0 Å². The number of hydrogen-bond acceptors (Lipinski definition) is 2. The van der Waals surface area contributed by atoms with E-state index in [4.69, 9.17) is 11.5 Å². The molecule has 4 nitrogen and oxygen atoms in total. The summed E-state index contributed by atoms with van der Waals surface area (Å²) in [7, 11) is 0. The Balaban J connectivity index is 2.54. The average Bonchev–Trinajstić information content (AvgIpc) is 2.38. The molecule has 4 heteroatoms. The van der Waals surface area contributed by atoms with E-state index in [2.05, 4.69) is 19.8 Å². The molecule has 0 aromatic rings. The number of carboxylic acid groups (broad SMARTS) is 1. The van der Waals surface area contributed by atoms with Crippen molar-refractivity contribution in [1.82, 2.24) is 4.90 Å². The Kier molecular flexibility index (Phi) is 5.68. The second-order valence-electron chi connectivity index (χ2n) is 6.19. The van der Waals surface area contributed by atoms with Crippen LogP contribution in [0.3, 0.4) is 0 Å². The van der Waals surface area contributed by atoms with Crippen molar-refractivity contribution < 1.29 is 15.0 Å². The number of rotatable bonds is 5. The number of likely N-dealkylation sites (tertiary alicyclic amines) is 1. The van der Waals surface area contributed by atoms with Gasteiger partial charge >= 0.3 is 6.09 Å². The Labute approximate surface area is 115 Å². The first kappa shape index (κ1) is 15.8. The third kappa shape index (κ3) is 4.43. The Hall–Kier alpha value is -1.21. The van der Waals surface area contributed by atoms with Gasteiger partial charge in [-0.2, -0.15) is 0 Å². The first-order chi connectivity index (χ1) is 8.90. The first-order valence-corrected chi connectivity index (χ1v) is 6.93. The highest BCUT2D eigenvalue weighted by Gasteiger charge is 2.35. The predicted molar refractivity (Wildman–Crippen MR) is 74.7 cm³/mol. The fourth-order valence-electron chi connectivity index (χ4n) is 3.13. The van der Waals surface area contributed by atoms with E-state index in [-0.39, 0.29) is 17.9 Å². The van der Waals surface area contributed by atoms with Crippen LogP contribution in [0.15, 0.2) is 0 Å². The van der Waals surface area contributed by atoms with Crippen LogP contribution in [0.4, 0.5) is 4.79 Å². The summed E-state index contributed by atoms with van der Waals surface area (Å²) in [5.41, 5.74) is 0.0921. The predicted octanol–water partition coefficient (Wildman–Crippen LogP) is 2.42. The zero-order chi connectivity index (χ0) is 14.5. The summed E-state index contributed by atoms with van der Waals surface area (Å²) in [6.45, 7) is 5.76. The minimum Gasteiger partial charge on any atom is -0.465 e. The van der Waals surface area contributed by atoms with Crippen LogP contribution in [0.5, 0.6) is 0 Å². The highest BCUT2D eigenvalue weighted by molar-refractivity contribution is 5.64. The Morgan fingerprint density at radius 1 is 1.47 bits per heavy atom. The molecule has 1 amide bonds. The maximum atomic E-state index is 10.9. The van der Waals surface area contributed by atoms with Crippen LogP contribution in [0.25, 0.3) is 0 Å². The summed E-state index contributed by atoms with van der Waals surface area (Å²) in [5.74, 6) is 3.27. The van der Waals surface area contributed by atoms with Gasteiger partial charge in [0.25, 0.3) is 0 Å². The molecule has 1 aliphatic heterocycles. The summed E-state index contributed by atoms with van der Waals surface area (Å²) < 4.78 is 0. The Morgan fingerprint density at radius 2 is 2.05 bits per heavy atom. The number of aliphatic hydroxyl groups excluding tert-OH is 1. The molecule has 1 atom stereocenters. The summed E-state index contributed by atoms with van der Waals surface area (Å²) >= 11 is 0. The molecule has 0 radical (unpaired) electrons. The van der Waals surface area contributed by atoms with Gasteiger partial charge in [-0.1, -0.05) is 13.8 Å². The number of carbonyl (C=O) groups is 1. The van der Waals surface area contributed by atoms with Gasteiger partial charge in [-0.3, -0.25) is 0 Å². The highest BCUT2D eigenvalue weighted by Crippen LogP contribution is 2.40.